The summed E-state index contributed by atoms with van der Waals surface area (Å²) >= 11 is 1.54. The molecular formula is C28H27N5O3S. The van der Waals surface area contributed by atoms with Gasteiger partial charge >= 0.3 is 0 Å². The first-order chi connectivity index (χ1) is 18.1. The molecule has 0 bridgehead atoms. The van der Waals surface area contributed by atoms with Gasteiger partial charge in [0.25, 0.3) is 5.91 Å². The van der Waals surface area contributed by atoms with Crippen molar-refractivity contribution in [1.82, 2.24) is 14.8 Å². The summed E-state index contributed by atoms with van der Waals surface area (Å²) in [6.07, 6.45) is 0. The molecule has 2 heterocycles. The Labute approximate surface area is 219 Å². The molecule has 188 valence electrons. The average molecular weight is 514 g/mol. The normalized spacial score (nSPS) is 14.5. The molecule has 37 heavy (non-hydrogen) atoms. The zero-order valence-corrected chi connectivity index (χ0v) is 21.6. The van der Waals surface area contributed by atoms with Crippen molar-refractivity contribution in [1.29, 1.82) is 0 Å². The summed E-state index contributed by atoms with van der Waals surface area (Å²) < 4.78 is 13.0. The van der Waals surface area contributed by atoms with Crippen LogP contribution in [0.5, 0.6) is 11.5 Å². The van der Waals surface area contributed by atoms with Gasteiger partial charge < -0.3 is 20.1 Å². The van der Waals surface area contributed by atoms with E-state index in [1.54, 1.807) is 18.9 Å². The van der Waals surface area contributed by atoms with Crippen LogP contribution in [-0.4, -0.2) is 34.9 Å². The lowest BCUT2D eigenvalue weighted by Crippen LogP contribution is -2.31. The number of methoxy groups -OCH3 is 2. The SMILES string of the molecule is COc1ccc(OC)c(C2C(C(=O)Nc3ccccc3)=C(C)Nc3nc(SCc4ccccc4)nn32)c1. The fourth-order valence-corrected chi connectivity index (χ4v) is 5.05. The summed E-state index contributed by atoms with van der Waals surface area (Å²) in [5.74, 6) is 2.30. The van der Waals surface area contributed by atoms with Gasteiger partial charge in [0.1, 0.15) is 17.5 Å². The third-order valence-corrected chi connectivity index (χ3v) is 6.96. The lowest BCUT2D eigenvalue weighted by Gasteiger charge is -2.29. The molecule has 5 rings (SSSR count). The molecule has 0 spiro atoms. The Bertz CT molecular complexity index is 1440. The molecule has 0 fully saturated rings. The summed E-state index contributed by atoms with van der Waals surface area (Å²) in [6, 6.07) is 24.5. The Morgan fingerprint density at radius 2 is 1.76 bits per heavy atom. The molecule has 1 aliphatic rings. The molecule has 1 amide bonds. The van der Waals surface area contributed by atoms with Gasteiger partial charge in [-0.2, -0.15) is 4.98 Å². The third kappa shape index (κ3) is 5.17. The Balaban J connectivity index is 1.56. The van der Waals surface area contributed by atoms with E-state index in [2.05, 4.69) is 22.8 Å². The maximum absolute atomic E-state index is 13.7. The van der Waals surface area contributed by atoms with Crippen molar-refractivity contribution in [2.45, 2.75) is 23.9 Å². The largest absolute Gasteiger partial charge is 0.497 e. The fraction of sp³-hybridized carbons (Fsp3) is 0.179. The van der Waals surface area contributed by atoms with Crippen molar-refractivity contribution in [2.75, 3.05) is 24.9 Å². The highest BCUT2D eigenvalue weighted by molar-refractivity contribution is 7.98. The van der Waals surface area contributed by atoms with E-state index >= 15 is 0 Å². The summed E-state index contributed by atoms with van der Waals surface area (Å²) in [5, 5.41) is 11.7. The zero-order chi connectivity index (χ0) is 25.8. The van der Waals surface area contributed by atoms with Crippen molar-refractivity contribution >= 4 is 29.3 Å². The maximum atomic E-state index is 13.7. The minimum absolute atomic E-state index is 0.245. The molecule has 4 aromatic rings. The number of aromatic nitrogens is 3. The smallest absolute Gasteiger partial charge is 0.255 e. The van der Waals surface area contributed by atoms with Crippen LogP contribution in [0.1, 0.15) is 24.1 Å². The average Bonchev–Trinajstić information content (AvgIpc) is 3.34. The van der Waals surface area contributed by atoms with E-state index < -0.39 is 6.04 Å². The fourth-order valence-electron chi connectivity index (χ4n) is 4.27. The predicted octanol–water partition coefficient (Wildman–Crippen LogP) is 5.52. The number of nitrogens with one attached hydrogen (secondary N) is 2. The van der Waals surface area contributed by atoms with Crippen molar-refractivity contribution in [3.63, 3.8) is 0 Å². The molecule has 1 atom stereocenters. The van der Waals surface area contributed by atoms with E-state index in [4.69, 9.17) is 19.6 Å². The molecular weight excluding hydrogens is 486 g/mol. The van der Waals surface area contributed by atoms with Gasteiger partial charge in [-0.15, -0.1) is 5.10 Å². The summed E-state index contributed by atoms with van der Waals surface area (Å²) in [6.45, 7) is 1.87. The van der Waals surface area contributed by atoms with E-state index in [1.807, 2.05) is 73.7 Å². The highest BCUT2D eigenvalue weighted by Crippen LogP contribution is 2.41. The molecule has 9 heteroatoms. The van der Waals surface area contributed by atoms with Crippen LogP contribution in [0.4, 0.5) is 11.6 Å². The number of allylic oxidation sites excluding steroid dienone is 1. The highest BCUT2D eigenvalue weighted by atomic mass is 32.2. The van der Waals surface area contributed by atoms with Gasteiger partial charge in [-0.3, -0.25) is 4.79 Å². The Hall–Kier alpha value is -4.24. The van der Waals surface area contributed by atoms with Crippen LogP contribution in [0, 0.1) is 0 Å². The number of nitrogens with zero attached hydrogens (tertiary/aromatic N) is 3. The van der Waals surface area contributed by atoms with Gasteiger partial charge in [0.05, 0.1) is 19.8 Å². The van der Waals surface area contributed by atoms with E-state index in [0.29, 0.717) is 39.6 Å². The van der Waals surface area contributed by atoms with E-state index in [-0.39, 0.29) is 5.91 Å². The maximum Gasteiger partial charge on any atom is 0.255 e. The number of carbonyl (C=O) groups is 1. The van der Waals surface area contributed by atoms with Crippen molar-refractivity contribution in [3.05, 3.63) is 101 Å². The number of hydrogen-bond donors (Lipinski definition) is 2. The number of carbonyl (C=O) groups excluding carboxylic acids is 1. The van der Waals surface area contributed by atoms with Gasteiger partial charge in [-0.05, 0) is 42.8 Å². The molecule has 0 saturated carbocycles. The number of amides is 1. The topological polar surface area (TPSA) is 90.3 Å². The zero-order valence-electron chi connectivity index (χ0n) is 20.8. The number of anilines is 2. The van der Waals surface area contributed by atoms with Crippen LogP contribution >= 0.6 is 11.8 Å². The molecule has 0 saturated heterocycles. The molecule has 1 aliphatic heterocycles. The Morgan fingerprint density at radius 1 is 1.03 bits per heavy atom. The summed E-state index contributed by atoms with van der Waals surface area (Å²) in [4.78, 5) is 18.4. The quantitative estimate of drug-likeness (QED) is 0.300. The number of hydrogen-bond acceptors (Lipinski definition) is 7. The molecule has 2 N–H and O–H groups in total. The van der Waals surface area contributed by atoms with E-state index in [0.717, 1.165) is 11.3 Å². The van der Waals surface area contributed by atoms with Gasteiger partial charge in [-0.25, -0.2) is 4.68 Å². The van der Waals surface area contributed by atoms with Crippen molar-refractivity contribution < 1.29 is 14.3 Å². The molecule has 1 unspecified atom stereocenters. The molecule has 3 aromatic carbocycles. The minimum Gasteiger partial charge on any atom is -0.497 e. The molecule has 8 nitrogen and oxygen atoms in total. The van der Waals surface area contributed by atoms with Gasteiger partial charge in [-0.1, -0.05) is 60.3 Å². The van der Waals surface area contributed by atoms with Crippen LogP contribution in [0.25, 0.3) is 0 Å². The monoisotopic (exact) mass is 513 g/mol. The second-order valence-electron chi connectivity index (χ2n) is 8.43. The van der Waals surface area contributed by atoms with Gasteiger partial charge in [0.2, 0.25) is 11.1 Å². The Morgan fingerprint density at radius 3 is 2.46 bits per heavy atom. The first kappa shape index (κ1) is 24.5. The summed E-state index contributed by atoms with van der Waals surface area (Å²) in [7, 11) is 3.22. The standard InChI is InChI=1S/C28H27N5O3S/c1-18-24(26(34)30-20-12-8-5-9-13-20)25(22-16-21(35-2)14-15-23(22)36-3)33-27(29-18)31-28(32-33)37-17-19-10-6-4-7-11-19/h4-16,25H,17H2,1-3H3,(H,30,34)(H,29,31,32). The van der Waals surface area contributed by atoms with Crippen LogP contribution in [0.15, 0.2) is 95.3 Å². The predicted molar refractivity (Wildman–Crippen MR) is 145 cm³/mol. The first-order valence-corrected chi connectivity index (χ1v) is 12.8. The molecule has 0 radical (unpaired) electrons. The number of benzene rings is 3. The van der Waals surface area contributed by atoms with Crippen LogP contribution in [-0.2, 0) is 10.5 Å². The van der Waals surface area contributed by atoms with Crippen LogP contribution in [0.3, 0.4) is 0 Å². The third-order valence-electron chi connectivity index (χ3n) is 6.05. The second kappa shape index (κ2) is 10.8. The lowest BCUT2D eigenvalue weighted by molar-refractivity contribution is -0.113. The van der Waals surface area contributed by atoms with Crippen molar-refractivity contribution in [3.8, 4) is 11.5 Å². The second-order valence-corrected chi connectivity index (χ2v) is 9.37. The Kier molecular flexibility index (Phi) is 7.14. The molecule has 0 aliphatic carbocycles. The van der Waals surface area contributed by atoms with E-state index in [1.165, 1.54) is 17.3 Å². The number of rotatable bonds is 8. The van der Waals surface area contributed by atoms with Gasteiger partial charge in [0, 0.05) is 22.7 Å². The van der Waals surface area contributed by atoms with Crippen LogP contribution in [0.2, 0.25) is 0 Å². The highest BCUT2D eigenvalue weighted by Gasteiger charge is 2.36. The number of para-hydroxylation sites is 1. The first-order valence-electron chi connectivity index (χ1n) is 11.8. The number of thioether (sulfide) groups is 1. The molecule has 1 aromatic heterocycles. The summed E-state index contributed by atoms with van der Waals surface area (Å²) in [5.41, 5.74) is 3.81. The minimum atomic E-state index is -0.594. The van der Waals surface area contributed by atoms with Crippen LogP contribution < -0.4 is 20.1 Å². The van der Waals surface area contributed by atoms with E-state index in [9.17, 15) is 4.79 Å². The van der Waals surface area contributed by atoms with Gasteiger partial charge in [0.15, 0.2) is 0 Å². The lowest BCUT2D eigenvalue weighted by atomic mass is 9.94. The van der Waals surface area contributed by atoms with Crippen molar-refractivity contribution in [2.24, 2.45) is 0 Å². The number of ether oxygens (including phenoxy) is 2. The number of fused-ring (bicyclic) bond motifs is 1.